The van der Waals surface area contributed by atoms with Gasteiger partial charge in [0, 0.05) is 33.6 Å². The van der Waals surface area contributed by atoms with Gasteiger partial charge < -0.3 is 8.98 Å². The van der Waals surface area contributed by atoms with E-state index in [9.17, 15) is 8.42 Å². The molecule has 3 aromatic rings. The van der Waals surface area contributed by atoms with Crippen LogP contribution in [0.1, 0.15) is 24.9 Å². The quantitative estimate of drug-likeness (QED) is 0.533. The number of nitriles is 1. The second-order valence-corrected chi connectivity index (χ2v) is 9.06. The predicted octanol–water partition coefficient (Wildman–Crippen LogP) is 2.82. The van der Waals surface area contributed by atoms with Gasteiger partial charge in [-0.3, -0.25) is 4.90 Å². The molecule has 0 radical (unpaired) electrons. The highest BCUT2D eigenvalue weighted by Gasteiger charge is 2.20. The number of aromatic nitrogens is 2. The number of hydrogen-bond acceptors (Lipinski definition) is 6. The van der Waals surface area contributed by atoms with Crippen molar-refractivity contribution in [2.45, 2.75) is 37.9 Å². The van der Waals surface area contributed by atoms with Crippen molar-refractivity contribution >= 4 is 21.1 Å². The minimum absolute atomic E-state index is 0.222. The molecule has 9 heteroatoms. The Balaban J connectivity index is 1.95. The summed E-state index contributed by atoms with van der Waals surface area (Å²) in [6.45, 7) is 4.42. The Hall–Kier alpha value is -2.67. The standard InChI is InChI=1S/C20H25N5O3S/c1-4-25-19-9-8-17(29(26,27)23(2)3)13-18(19)22-20(25)15-24(11-6-10-21)14-16-7-5-12-28-16/h5,7-9,12-13H,4,6,11,14-15H2,1-3H3. The number of sulfonamides is 1. The first kappa shape index (κ1) is 21.0. The summed E-state index contributed by atoms with van der Waals surface area (Å²) in [5, 5.41) is 8.99. The number of imidazole rings is 1. The molecule has 0 saturated carbocycles. The minimum atomic E-state index is -3.52. The zero-order valence-corrected chi connectivity index (χ0v) is 17.7. The fourth-order valence-corrected chi connectivity index (χ4v) is 4.17. The van der Waals surface area contributed by atoms with Gasteiger partial charge in [0.15, 0.2) is 0 Å². The Labute approximate surface area is 171 Å². The van der Waals surface area contributed by atoms with E-state index in [0.717, 1.165) is 17.1 Å². The van der Waals surface area contributed by atoms with Crippen LogP contribution >= 0.6 is 0 Å². The van der Waals surface area contributed by atoms with Crippen LogP contribution in [0, 0.1) is 11.3 Å². The van der Waals surface area contributed by atoms with Crippen LogP contribution in [0.3, 0.4) is 0 Å². The van der Waals surface area contributed by atoms with Gasteiger partial charge in [-0.05, 0) is 37.3 Å². The van der Waals surface area contributed by atoms with Gasteiger partial charge in [0.05, 0.1) is 41.4 Å². The Kier molecular flexibility index (Phi) is 6.37. The zero-order chi connectivity index (χ0) is 21.0. The molecule has 2 aromatic heterocycles. The Morgan fingerprint density at radius 2 is 2.03 bits per heavy atom. The average Bonchev–Trinajstić information content (AvgIpc) is 3.32. The summed E-state index contributed by atoms with van der Waals surface area (Å²) in [6.07, 6.45) is 2.03. The molecule has 0 aliphatic carbocycles. The predicted molar refractivity (Wildman–Crippen MR) is 109 cm³/mol. The minimum Gasteiger partial charge on any atom is -0.468 e. The monoisotopic (exact) mass is 415 g/mol. The number of rotatable bonds is 9. The highest BCUT2D eigenvalue weighted by Crippen LogP contribution is 2.23. The molecule has 0 amide bonds. The maximum Gasteiger partial charge on any atom is 0.242 e. The molecular formula is C20H25N5O3S. The number of fused-ring (bicyclic) bond motifs is 1. The van der Waals surface area contributed by atoms with Crippen LogP contribution in [0.15, 0.2) is 45.9 Å². The summed E-state index contributed by atoms with van der Waals surface area (Å²) >= 11 is 0. The number of hydrogen-bond donors (Lipinski definition) is 0. The van der Waals surface area contributed by atoms with E-state index in [2.05, 4.69) is 15.5 Å². The van der Waals surface area contributed by atoms with Crippen molar-refractivity contribution in [1.29, 1.82) is 5.26 Å². The number of nitrogens with zero attached hydrogens (tertiary/aromatic N) is 5. The first-order valence-corrected chi connectivity index (χ1v) is 10.8. The Morgan fingerprint density at radius 3 is 2.66 bits per heavy atom. The molecule has 2 heterocycles. The molecule has 0 N–H and O–H groups in total. The SMILES string of the molecule is CCn1c(CN(CCC#N)Cc2ccco2)nc2cc(S(=O)(=O)N(C)C)ccc21. The molecule has 0 spiro atoms. The first-order chi connectivity index (χ1) is 13.9. The summed E-state index contributed by atoms with van der Waals surface area (Å²) in [4.78, 5) is 7.04. The molecule has 0 saturated heterocycles. The Morgan fingerprint density at radius 1 is 1.24 bits per heavy atom. The smallest absolute Gasteiger partial charge is 0.242 e. The second-order valence-electron chi connectivity index (χ2n) is 6.91. The van der Waals surface area contributed by atoms with Crippen molar-refractivity contribution in [1.82, 2.24) is 18.8 Å². The van der Waals surface area contributed by atoms with Gasteiger partial charge in [-0.15, -0.1) is 0 Å². The largest absolute Gasteiger partial charge is 0.468 e. The molecule has 29 heavy (non-hydrogen) atoms. The van der Waals surface area contributed by atoms with Gasteiger partial charge in [0.1, 0.15) is 11.6 Å². The van der Waals surface area contributed by atoms with Gasteiger partial charge >= 0.3 is 0 Å². The summed E-state index contributed by atoms with van der Waals surface area (Å²) in [7, 11) is -0.500. The van der Waals surface area contributed by atoms with E-state index >= 15 is 0 Å². The van der Waals surface area contributed by atoms with Gasteiger partial charge in [-0.2, -0.15) is 5.26 Å². The van der Waals surface area contributed by atoms with E-state index in [0.29, 0.717) is 38.1 Å². The van der Waals surface area contributed by atoms with E-state index in [1.165, 1.54) is 18.4 Å². The number of aryl methyl sites for hydroxylation is 1. The van der Waals surface area contributed by atoms with Crippen molar-refractivity contribution in [2.24, 2.45) is 0 Å². The maximum atomic E-state index is 12.5. The lowest BCUT2D eigenvalue weighted by atomic mass is 10.3. The Bertz CT molecular complexity index is 1110. The normalized spacial score (nSPS) is 12.1. The highest BCUT2D eigenvalue weighted by molar-refractivity contribution is 7.89. The second kappa shape index (κ2) is 8.78. The fourth-order valence-electron chi connectivity index (χ4n) is 3.25. The maximum absolute atomic E-state index is 12.5. The number of benzene rings is 1. The van der Waals surface area contributed by atoms with Crippen LogP contribution in [-0.4, -0.2) is 47.8 Å². The summed E-state index contributed by atoms with van der Waals surface area (Å²) in [6, 6.07) is 11.0. The molecule has 0 atom stereocenters. The fraction of sp³-hybridized carbons (Fsp3) is 0.400. The van der Waals surface area contributed by atoms with Gasteiger partial charge in [-0.25, -0.2) is 17.7 Å². The molecule has 3 rings (SSSR count). The lowest BCUT2D eigenvalue weighted by Gasteiger charge is -2.20. The van der Waals surface area contributed by atoms with E-state index in [1.807, 2.05) is 19.1 Å². The van der Waals surface area contributed by atoms with Crippen molar-refractivity contribution in [2.75, 3.05) is 20.6 Å². The van der Waals surface area contributed by atoms with Crippen molar-refractivity contribution in [3.8, 4) is 6.07 Å². The highest BCUT2D eigenvalue weighted by atomic mass is 32.2. The molecular weight excluding hydrogens is 390 g/mol. The molecule has 154 valence electrons. The van der Waals surface area contributed by atoms with E-state index in [-0.39, 0.29) is 4.90 Å². The lowest BCUT2D eigenvalue weighted by Crippen LogP contribution is -2.25. The average molecular weight is 416 g/mol. The molecule has 0 aliphatic heterocycles. The topological polar surface area (TPSA) is 95.4 Å². The van der Waals surface area contributed by atoms with Crippen molar-refractivity contribution < 1.29 is 12.8 Å². The van der Waals surface area contributed by atoms with Crippen LogP contribution < -0.4 is 0 Å². The van der Waals surface area contributed by atoms with Crippen LogP contribution in [-0.2, 0) is 29.7 Å². The molecule has 0 fully saturated rings. The third kappa shape index (κ3) is 4.50. The molecule has 0 bridgehead atoms. The third-order valence-corrected chi connectivity index (χ3v) is 6.57. The van der Waals surface area contributed by atoms with Crippen LogP contribution in [0.5, 0.6) is 0 Å². The molecule has 1 aromatic carbocycles. The van der Waals surface area contributed by atoms with Crippen molar-refractivity contribution in [3.63, 3.8) is 0 Å². The lowest BCUT2D eigenvalue weighted by molar-refractivity contribution is 0.232. The first-order valence-electron chi connectivity index (χ1n) is 9.40. The van der Waals surface area contributed by atoms with E-state index < -0.39 is 10.0 Å². The van der Waals surface area contributed by atoms with E-state index in [4.69, 9.17) is 14.7 Å². The van der Waals surface area contributed by atoms with Gasteiger partial charge in [0.2, 0.25) is 10.0 Å². The van der Waals surface area contributed by atoms with E-state index in [1.54, 1.807) is 24.5 Å². The van der Waals surface area contributed by atoms with Crippen LogP contribution in [0.25, 0.3) is 11.0 Å². The van der Waals surface area contributed by atoms with Gasteiger partial charge in [0.25, 0.3) is 0 Å². The molecule has 0 unspecified atom stereocenters. The molecule has 8 nitrogen and oxygen atoms in total. The van der Waals surface area contributed by atoms with Crippen LogP contribution in [0.2, 0.25) is 0 Å². The summed E-state index contributed by atoms with van der Waals surface area (Å²) < 4.78 is 33.6. The van der Waals surface area contributed by atoms with Gasteiger partial charge in [-0.1, -0.05) is 0 Å². The van der Waals surface area contributed by atoms with Crippen LogP contribution in [0.4, 0.5) is 0 Å². The number of furan rings is 1. The third-order valence-electron chi connectivity index (χ3n) is 4.76. The zero-order valence-electron chi connectivity index (χ0n) is 16.9. The van der Waals surface area contributed by atoms with Crippen molar-refractivity contribution in [3.05, 3.63) is 48.2 Å². The summed E-state index contributed by atoms with van der Waals surface area (Å²) in [5.74, 6) is 1.65. The summed E-state index contributed by atoms with van der Waals surface area (Å²) in [5.41, 5.74) is 1.53. The molecule has 0 aliphatic rings.